The maximum atomic E-state index is 14.1. The summed E-state index contributed by atoms with van der Waals surface area (Å²) >= 11 is 0. The second-order valence-corrected chi connectivity index (χ2v) is 14.6. The molecule has 0 saturated carbocycles. The molecule has 4 aromatic carbocycles. The van der Waals surface area contributed by atoms with Crippen LogP contribution in [0.15, 0.2) is 66.7 Å². The summed E-state index contributed by atoms with van der Waals surface area (Å²) in [5.41, 5.74) is 3.87. The molecule has 4 aromatic rings. The van der Waals surface area contributed by atoms with E-state index in [1.54, 1.807) is 0 Å². The van der Waals surface area contributed by atoms with Gasteiger partial charge in [-0.3, -0.25) is 19.2 Å². The summed E-state index contributed by atoms with van der Waals surface area (Å²) < 4.78 is 107. The number of rotatable bonds is 14. The predicted octanol–water partition coefficient (Wildman–Crippen LogP) is 7.16. The molecule has 1 fully saturated rings. The van der Waals surface area contributed by atoms with Crippen LogP contribution in [-0.2, 0) is 49.5 Å². The van der Waals surface area contributed by atoms with Crippen LogP contribution in [0.5, 0.6) is 11.5 Å². The molecule has 6 rings (SSSR count). The zero-order valence-corrected chi connectivity index (χ0v) is 34.3. The van der Waals surface area contributed by atoms with Crippen molar-refractivity contribution in [3.8, 4) is 22.6 Å². The highest BCUT2D eigenvalue weighted by molar-refractivity contribution is 5.92. The first-order valence-corrected chi connectivity index (χ1v) is 19.5. The lowest BCUT2D eigenvalue weighted by Crippen LogP contribution is -2.59. The number of ether oxygens (including phenoxy) is 7. The Morgan fingerprint density at radius 3 is 1.89 bits per heavy atom. The Kier molecular flexibility index (Phi) is 14.5. The van der Waals surface area contributed by atoms with E-state index in [0.29, 0.717) is 0 Å². The number of ketones is 1. The number of nitrogens with one attached hydrogen (secondary N) is 2. The highest BCUT2D eigenvalue weighted by Crippen LogP contribution is 2.44. The summed E-state index contributed by atoms with van der Waals surface area (Å²) in [7, 11) is 0. The van der Waals surface area contributed by atoms with Crippen molar-refractivity contribution < 1.29 is 83.9 Å². The number of amides is 2. The third-order valence-electron chi connectivity index (χ3n) is 10.1. The standard InChI is InChI=1S/C44H39F5N2O13/c1-20-38(21(2)52)63-42(41(61-23(4)54)39(20)60-22(3)53)62-31-14-13-24(18-59-44(57)64-40-36(48)34(46)33(45)35(47)37(40)49)17-30(31)51-32(55)15-16-50-43(56)58-19-29-27-11-7-5-9-25(27)26-10-6-8-12-28(26)29/h5-14,17,20,29,38-39,41-42H,15-16,18-19H2,1-4H3,(H,50,56)(H,51,55)/t20-,38+,39+,41-,42-/m1/s1. The lowest BCUT2D eigenvalue weighted by Gasteiger charge is -2.43. The van der Waals surface area contributed by atoms with E-state index >= 15 is 0 Å². The average Bonchev–Trinajstić information content (AvgIpc) is 3.58. The number of halogens is 5. The first kappa shape index (κ1) is 46.4. The molecule has 0 radical (unpaired) electrons. The van der Waals surface area contributed by atoms with Crippen molar-refractivity contribution in [3.05, 3.63) is 113 Å². The third-order valence-corrected chi connectivity index (χ3v) is 10.1. The van der Waals surface area contributed by atoms with Gasteiger partial charge in [0.2, 0.25) is 53.1 Å². The SMILES string of the molecule is CC(=O)O[C@H]1[C@H](Oc2ccc(COC(=O)Oc3c(F)c(F)c(F)c(F)c3F)cc2NC(=O)CCNC(=O)OCC2c3ccccc3-c3ccccc32)O[C@H](C(C)=O)[C@@H](C)[C@@H]1OC(C)=O. The molecular formula is C44H39F5N2O13. The first-order chi connectivity index (χ1) is 30.4. The molecule has 64 heavy (non-hydrogen) atoms. The number of esters is 2. The van der Waals surface area contributed by atoms with Crippen molar-refractivity contribution in [1.29, 1.82) is 0 Å². The van der Waals surface area contributed by atoms with Crippen LogP contribution >= 0.6 is 0 Å². The van der Waals surface area contributed by atoms with E-state index in [1.807, 2.05) is 48.5 Å². The number of benzene rings is 4. The van der Waals surface area contributed by atoms with Crippen LogP contribution < -0.4 is 20.1 Å². The predicted molar refractivity (Wildman–Crippen MR) is 210 cm³/mol. The van der Waals surface area contributed by atoms with E-state index in [-0.39, 0.29) is 42.5 Å². The van der Waals surface area contributed by atoms with Crippen molar-refractivity contribution in [2.45, 2.75) is 71.2 Å². The number of carbonyl (C=O) groups is 6. The van der Waals surface area contributed by atoms with Gasteiger partial charge in [-0.1, -0.05) is 61.5 Å². The Labute approximate surface area is 361 Å². The van der Waals surface area contributed by atoms with Gasteiger partial charge in [0.15, 0.2) is 11.9 Å². The van der Waals surface area contributed by atoms with Crippen LogP contribution in [0.1, 0.15) is 56.7 Å². The molecule has 0 aromatic heterocycles. The van der Waals surface area contributed by atoms with E-state index in [4.69, 9.17) is 28.4 Å². The maximum absolute atomic E-state index is 14.1. The van der Waals surface area contributed by atoms with E-state index in [2.05, 4.69) is 15.4 Å². The molecule has 1 aliphatic carbocycles. The number of carbonyl (C=O) groups excluding carboxylic acids is 6. The summed E-state index contributed by atoms with van der Waals surface area (Å²) in [6.07, 6.45) is -8.65. The smallest absolute Gasteiger partial charge is 0.459 e. The largest absolute Gasteiger partial charge is 0.514 e. The molecule has 20 heteroatoms. The molecule has 0 spiro atoms. The van der Waals surface area contributed by atoms with Crippen LogP contribution in [0.3, 0.4) is 0 Å². The van der Waals surface area contributed by atoms with Crippen molar-refractivity contribution >= 4 is 41.6 Å². The van der Waals surface area contributed by atoms with Crippen LogP contribution in [-0.4, -0.2) is 73.6 Å². The Bertz CT molecular complexity index is 2410. The van der Waals surface area contributed by atoms with E-state index in [1.165, 1.54) is 32.0 Å². The van der Waals surface area contributed by atoms with E-state index in [0.717, 1.165) is 36.1 Å². The van der Waals surface area contributed by atoms with Gasteiger partial charge in [-0.2, -0.15) is 8.78 Å². The number of anilines is 1. The second-order valence-electron chi connectivity index (χ2n) is 14.6. The molecule has 2 amide bonds. The van der Waals surface area contributed by atoms with Gasteiger partial charge in [-0.15, -0.1) is 0 Å². The zero-order valence-electron chi connectivity index (χ0n) is 34.3. The number of hydrogen-bond donors (Lipinski definition) is 2. The zero-order chi connectivity index (χ0) is 46.4. The summed E-state index contributed by atoms with van der Waals surface area (Å²) in [6.45, 7) is 3.90. The lowest BCUT2D eigenvalue weighted by molar-refractivity contribution is -0.261. The number of hydrogen-bond acceptors (Lipinski definition) is 13. The maximum Gasteiger partial charge on any atom is 0.514 e. The van der Waals surface area contributed by atoms with Crippen LogP contribution in [0.4, 0.5) is 37.2 Å². The van der Waals surface area contributed by atoms with Crippen molar-refractivity contribution in [2.24, 2.45) is 5.92 Å². The van der Waals surface area contributed by atoms with Gasteiger partial charge in [0.25, 0.3) is 0 Å². The van der Waals surface area contributed by atoms with Gasteiger partial charge in [-0.25, -0.2) is 22.8 Å². The minimum atomic E-state index is -2.48. The Morgan fingerprint density at radius 1 is 0.719 bits per heavy atom. The van der Waals surface area contributed by atoms with Crippen LogP contribution in [0.2, 0.25) is 0 Å². The quantitative estimate of drug-likeness (QED) is 0.0324. The number of Topliss-reactive ketones (excluding diaryl/α,β-unsaturated/α-hetero) is 1. The van der Waals surface area contributed by atoms with Gasteiger partial charge in [-0.05, 0) is 46.9 Å². The summed E-state index contributed by atoms with van der Waals surface area (Å²) in [5.74, 6) is -18.1. The van der Waals surface area contributed by atoms with Crippen LogP contribution in [0, 0.1) is 35.0 Å². The minimum absolute atomic E-state index is 0.00979. The monoisotopic (exact) mass is 898 g/mol. The van der Waals surface area contributed by atoms with Gasteiger partial charge in [0, 0.05) is 38.6 Å². The highest BCUT2D eigenvalue weighted by atomic mass is 19.2. The molecule has 1 saturated heterocycles. The third kappa shape index (κ3) is 10.4. The average molecular weight is 899 g/mol. The van der Waals surface area contributed by atoms with Crippen molar-refractivity contribution in [2.75, 3.05) is 18.5 Å². The molecule has 15 nitrogen and oxygen atoms in total. The van der Waals surface area contributed by atoms with E-state index < -0.39 is 108 Å². The van der Waals surface area contributed by atoms with Crippen LogP contribution in [0.25, 0.3) is 11.1 Å². The Balaban J connectivity index is 1.17. The molecule has 2 aliphatic rings. The Morgan fingerprint density at radius 2 is 1.30 bits per heavy atom. The minimum Gasteiger partial charge on any atom is -0.459 e. The summed E-state index contributed by atoms with van der Waals surface area (Å²) in [5, 5.41) is 5.06. The number of fused-ring (bicyclic) bond motifs is 3. The first-order valence-electron chi connectivity index (χ1n) is 19.5. The fourth-order valence-corrected chi connectivity index (χ4v) is 7.28. The topological polar surface area (TPSA) is 191 Å². The Hall–Kier alpha value is -7.09. The van der Waals surface area contributed by atoms with Crippen molar-refractivity contribution in [3.63, 3.8) is 0 Å². The molecule has 1 heterocycles. The van der Waals surface area contributed by atoms with Gasteiger partial charge in [0.05, 0.1) is 5.69 Å². The molecule has 0 unspecified atom stereocenters. The molecule has 0 bridgehead atoms. The van der Waals surface area contributed by atoms with Crippen molar-refractivity contribution in [1.82, 2.24) is 5.32 Å². The lowest BCUT2D eigenvalue weighted by atomic mass is 9.88. The van der Waals surface area contributed by atoms with Gasteiger partial charge in [0.1, 0.15) is 25.1 Å². The van der Waals surface area contributed by atoms with Gasteiger partial charge < -0.3 is 43.8 Å². The van der Waals surface area contributed by atoms with E-state index in [9.17, 15) is 50.7 Å². The molecule has 2 N–H and O–H groups in total. The number of alkyl carbamates (subject to hydrolysis) is 1. The second kappa shape index (κ2) is 20.0. The molecule has 5 atom stereocenters. The fourth-order valence-electron chi connectivity index (χ4n) is 7.28. The normalized spacial score (nSPS) is 18.7. The summed E-state index contributed by atoms with van der Waals surface area (Å²) in [4.78, 5) is 75.4. The fraction of sp³-hybridized carbons (Fsp3) is 0.318. The molecule has 338 valence electrons. The molecule has 1 aliphatic heterocycles. The summed E-state index contributed by atoms with van der Waals surface area (Å²) in [6, 6.07) is 19.1. The molecular weight excluding hydrogens is 859 g/mol. The highest BCUT2D eigenvalue weighted by Gasteiger charge is 2.51. The van der Waals surface area contributed by atoms with Gasteiger partial charge >= 0.3 is 24.2 Å².